The lowest BCUT2D eigenvalue weighted by molar-refractivity contribution is 0.0803. The lowest BCUT2D eigenvalue weighted by Crippen LogP contribution is -2.36. The van der Waals surface area contributed by atoms with Gasteiger partial charge < -0.3 is 9.64 Å². The molecule has 0 aliphatic carbocycles. The topological polar surface area (TPSA) is 12.5 Å². The van der Waals surface area contributed by atoms with Crippen LogP contribution < -0.4 is 0 Å². The van der Waals surface area contributed by atoms with E-state index in [4.69, 9.17) is 16.3 Å². The van der Waals surface area contributed by atoms with Crippen LogP contribution in [-0.4, -0.2) is 43.1 Å². The van der Waals surface area contributed by atoms with Crippen LogP contribution in [0.1, 0.15) is 26.7 Å². The van der Waals surface area contributed by atoms with Gasteiger partial charge in [-0.1, -0.05) is 13.8 Å². The second-order valence-electron chi connectivity index (χ2n) is 4.49. The number of halogens is 1. The molecule has 0 amide bonds. The van der Waals surface area contributed by atoms with E-state index in [9.17, 15) is 0 Å². The maximum Gasteiger partial charge on any atom is 0.0593 e. The molecule has 1 saturated heterocycles. The Morgan fingerprint density at radius 2 is 2.00 bits per heavy atom. The van der Waals surface area contributed by atoms with Crippen molar-refractivity contribution in [1.29, 1.82) is 0 Å². The lowest BCUT2D eigenvalue weighted by atomic mass is 10.1. The summed E-state index contributed by atoms with van der Waals surface area (Å²) in [6.07, 6.45) is 2.26. The first kappa shape index (κ1) is 12.3. The van der Waals surface area contributed by atoms with Gasteiger partial charge in [0, 0.05) is 18.5 Å². The Morgan fingerprint density at radius 3 is 2.57 bits per heavy atom. The normalized spacial score (nSPS) is 20.6. The average Bonchev–Trinajstić information content (AvgIpc) is 2.15. The van der Waals surface area contributed by atoms with Crippen LogP contribution in [-0.2, 0) is 4.74 Å². The fraction of sp³-hybridized carbons (Fsp3) is 1.00. The van der Waals surface area contributed by atoms with E-state index in [2.05, 4.69) is 18.7 Å². The molecule has 0 bridgehead atoms. The monoisotopic (exact) mass is 219 g/mol. The van der Waals surface area contributed by atoms with Gasteiger partial charge in [0.1, 0.15) is 0 Å². The summed E-state index contributed by atoms with van der Waals surface area (Å²) >= 11 is 6.03. The van der Waals surface area contributed by atoms with Crippen LogP contribution in [0.4, 0.5) is 0 Å². The molecule has 1 rings (SSSR count). The third kappa shape index (κ3) is 5.18. The van der Waals surface area contributed by atoms with Gasteiger partial charge in [-0.15, -0.1) is 11.6 Å². The molecular weight excluding hydrogens is 198 g/mol. The van der Waals surface area contributed by atoms with Crippen LogP contribution in [0.15, 0.2) is 0 Å². The molecule has 0 N–H and O–H groups in total. The van der Waals surface area contributed by atoms with E-state index < -0.39 is 0 Å². The number of ether oxygens (including phenoxy) is 1. The predicted octanol–water partition coefficient (Wildman–Crippen LogP) is 2.36. The Balaban J connectivity index is 1.96. The highest BCUT2D eigenvalue weighted by Gasteiger charge is 2.16. The molecule has 3 heteroatoms. The highest BCUT2D eigenvalue weighted by molar-refractivity contribution is 6.20. The van der Waals surface area contributed by atoms with Gasteiger partial charge >= 0.3 is 0 Å². The van der Waals surface area contributed by atoms with Crippen molar-refractivity contribution in [1.82, 2.24) is 4.90 Å². The highest BCUT2D eigenvalue weighted by atomic mass is 35.5. The molecule has 0 aromatic rings. The van der Waals surface area contributed by atoms with Crippen LogP contribution in [0.3, 0.4) is 0 Å². The minimum Gasteiger partial charge on any atom is -0.380 e. The fourth-order valence-corrected chi connectivity index (χ4v) is 1.83. The zero-order chi connectivity index (χ0) is 10.4. The van der Waals surface area contributed by atoms with Crippen LogP contribution in [0.5, 0.6) is 0 Å². The van der Waals surface area contributed by atoms with Crippen molar-refractivity contribution in [3.63, 3.8) is 0 Å². The number of nitrogens with zero attached hydrogens (tertiary/aromatic N) is 1. The van der Waals surface area contributed by atoms with E-state index in [1.165, 1.54) is 0 Å². The van der Waals surface area contributed by atoms with Crippen molar-refractivity contribution in [2.75, 3.05) is 32.8 Å². The summed E-state index contributed by atoms with van der Waals surface area (Å²) in [4.78, 5) is 2.44. The molecule has 0 spiro atoms. The first-order valence-electron chi connectivity index (χ1n) is 5.62. The van der Waals surface area contributed by atoms with Crippen molar-refractivity contribution in [3.05, 3.63) is 0 Å². The average molecular weight is 220 g/mol. The summed E-state index contributed by atoms with van der Waals surface area (Å²) in [5, 5.41) is 0.405. The van der Waals surface area contributed by atoms with Crippen LogP contribution >= 0.6 is 11.6 Å². The fourth-order valence-electron chi connectivity index (χ4n) is 1.64. The number of piperidine rings is 1. The standard InChI is InChI=1S/C11H22ClNO/c1-10(2)9-14-8-7-13-5-3-11(12)4-6-13/h10-11H,3-9H2,1-2H3. The van der Waals surface area contributed by atoms with Crippen molar-refractivity contribution >= 4 is 11.6 Å². The summed E-state index contributed by atoms with van der Waals surface area (Å²) in [6.45, 7) is 9.45. The van der Waals surface area contributed by atoms with Gasteiger partial charge in [-0.2, -0.15) is 0 Å². The number of alkyl halides is 1. The Kier molecular flexibility index (Phi) is 5.83. The molecule has 1 fully saturated rings. The molecule has 0 aromatic carbocycles. The highest BCUT2D eigenvalue weighted by Crippen LogP contribution is 2.14. The first-order chi connectivity index (χ1) is 6.68. The summed E-state index contributed by atoms with van der Waals surface area (Å²) in [7, 11) is 0. The Hall–Kier alpha value is 0.210. The van der Waals surface area contributed by atoms with Gasteiger partial charge in [0.05, 0.1) is 6.61 Å². The van der Waals surface area contributed by atoms with E-state index in [0.29, 0.717) is 11.3 Å². The molecule has 84 valence electrons. The minimum atomic E-state index is 0.405. The molecule has 1 aliphatic heterocycles. The molecule has 1 heterocycles. The maximum atomic E-state index is 6.03. The quantitative estimate of drug-likeness (QED) is 0.520. The molecule has 0 radical (unpaired) electrons. The van der Waals surface area contributed by atoms with Crippen LogP contribution in [0.2, 0.25) is 0 Å². The van der Waals surface area contributed by atoms with Crippen molar-refractivity contribution < 1.29 is 4.74 Å². The van der Waals surface area contributed by atoms with E-state index in [1.54, 1.807) is 0 Å². The number of hydrogen-bond donors (Lipinski definition) is 0. The first-order valence-corrected chi connectivity index (χ1v) is 6.06. The predicted molar refractivity (Wildman–Crippen MR) is 61.0 cm³/mol. The minimum absolute atomic E-state index is 0.405. The largest absolute Gasteiger partial charge is 0.380 e. The Morgan fingerprint density at radius 1 is 1.36 bits per heavy atom. The number of likely N-dealkylation sites (tertiary alicyclic amines) is 1. The second kappa shape index (κ2) is 6.65. The zero-order valence-electron chi connectivity index (χ0n) is 9.34. The van der Waals surface area contributed by atoms with Crippen LogP contribution in [0, 0.1) is 5.92 Å². The third-order valence-corrected chi connectivity index (χ3v) is 2.96. The van der Waals surface area contributed by atoms with Gasteiger partial charge in [0.2, 0.25) is 0 Å². The van der Waals surface area contributed by atoms with Crippen molar-refractivity contribution in [2.45, 2.75) is 32.1 Å². The van der Waals surface area contributed by atoms with Crippen molar-refractivity contribution in [2.24, 2.45) is 5.92 Å². The third-order valence-electron chi connectivity index (χ3n) is 2.52. The zero-order valence-corrected chi connectivity index (χ0v) is 10.1. The smallest absolute Gasteiger partial charge is 0.0593 e. The van der Waals surface area contributed by atoms with Gasteiger partial charge in [-0.25, -0.2) is 0 Å². The van der Waals surface area contributed by atoms with Gasteiger partial charge in [-0.05, 0) is 31.8 Å². The summed E-state index contributed by atoms with van der Waals surface area (Å²) in [5.41, 5.74) is 0. The molecule has 0 aromatic heterocycles. The number of rotatable bonds is 5. The Labute approximate surface area is 92.6 Å². The number of hydrogen-bond acceptors (Lipinski definition) is 2. The Bertz CT molecular complexity index is 144. The second-order valence-corrected chi connectivity index (χ2v) is 5.10. The summed E-state index contributed by atoms with van der Waals surface area (Å²) in [5.74, 6) is 0.642. The van der Waals surface area contributed by atoms with E-state index >= 15 is 0 Å². The molecule has 0 atom stereocenters. The van der Waals surface area contributed by atoms with Crippen LogP contribution in [0.25, 0.3) is 0 Å². The van der Waals surface area contributed by atoms with Gasteiger partial charge in [0.15, 0.2) is 0 Å². The summed E-state index contributed by atoms with van der Waals surface area (Å²) in [6, 6.07) is 0. The molecule has 14 heavy (non-hydrogen) atoms. The SMILES string of the molecule is CC(C)COCCN1CCC(Cl)CC1. The van der Waals surface area contributed by atoms with E-state index in [0.717, 1.165) is 45.7 Å². The van der Waals surface area contributed by atoms with Gasteiger partial charge in [-0.3, -0.25) is 0 Å². The molecular formula is C11H22ClNO. The molecule has 0 unspecified atom stereocenters. The summed E-state index contributed by atoms with van der Waals surface area (Å²) < 4.78 is 5.55. The molecule has 2 nitrogen and oxygen atoms in total. The molecule has 0 saturated carbocycles. The van der Waals surface area contributed by atoms with Gasteiger partial charge in [0.25, 0.3) is 0 Å². The van der Waals surface area contributed by atoms with E-state index in [-0.39, 0.29) is 0 Å². The van der Waals surface area contributed by atoms with Crippen molar-refractivity contribution in [3.8, 4) is 0 Å². The van der Waals surface area contributed by atoms with E-state index in [1.807, 2.05) is 0 Å². The molecule has 1 aliphatic rings. The lowest BCUT2D eigenvalue weighted by Gasteiger charge is -2.28. The maximum absolute atomic E-state index is 6.03.